The Labute approximate surface area is 230 Å². The Balaban J connectivity index is 1.68. The molecule has 4 rings (SSSR count). The van der Waals surface area contributed by atoms with Crippen LogP contribution in [0.25, 0.3) is 5.69 Å². The van der Waals surface area contributed by atoms with Crippen molar-refractivity contribution in [1.29, 1.82) is 0 Å². The number of halogens is 2. The summed E-state index contributed by atoms with van der Waals surface area (Å²) >= 11 is 12.4. The molecule has 0 bridgehead atoms. The van der Waals surface area contributed by atoms with E-state index in [-0.39, 0.29) is 27.7 Å². The van der Waals surface area contributed by atoms with Gasteiger partial charge in [-0.05, 0) is 42.3 Å². The molecule has 0 aliphatic carbocycles. The summed E-state index contributed by atoms with van der Waals surface area (Å²) in [6.45, 7) is 2.19. The van der Waals surface area contributed by atoms with Crippen LogP contribution < -0.4 is 5.69 Å². The van der Waals surface area contributed by atoms with Crippen LogP contribution in [0.5, 0.6) is 0 Å². The molecule has 11 heteroatoms. The van der Waals surface area contributed by atoms with Gasteiger partial charge in [-0.15, -0.1) is 5.10 Å². The largest absolute Gasteiger partial charge is 0.480 e. The number of sulfone groups is 1. The summed E-state index contributed by atoms with van der Waals surface area (Å²) in [7, 11) is -4.31. The van der Waals surface area contributed by atoms with Gasteiger partial charge in [0.05, 0.1) is 22.2 Å². The first-order valence-electron chi connectivity index (χ1n) is 11.9. The second-order valence-corrected chi connectivity index (χ2v) is 11.5. The zero-order valence-electron chi connectivity index (χ0n) is 20.4. The van der Waals surface area contributed by atoms with Gasteiger partial charge in [0.25, 0.3) is 0 Å². The molecule has 0 aliphatic rings. The smallest absolute Gasteiger partial charge is 0.351 e. The minimum atomic E-state index is -4.31. The lowest BCUT2D eigenvalue weighted by Gasteiger charge is -2.16. The van der Waals surface area contributed by atoms with Crippen LogP contribution in [-0.2, 0) is 27.6 Å². The zero-order valence-corrected chi connectivity index (χ0v) is 22.7. The van der Waals surface area contributed by atoms with Gasteiger partial charge in [0.15, 0.2) is 15.1 Å². The van der Waals surface area contributed by atoms with Gasteiger partial charge in [-0.25, -0.2) is 13.2 Å². The normalized spacial score (nSPS) is 12.4. The Morgan fingerprint density at radius 1 is 0.974 bits per heavy atom. The van der Waals surface area contributed by atoms with E-state index in [4.69, 9.17) is 23.2 Å². The number of aryl methyl sites for hydroxylation is 1. The molecular formula is C27H25Cl2N3O5S. The van der Waals surface area contributed by atoms with Crippen molar-refractivity contribution in [1.82, 2.24) is 14.3 Å². The molecule has 0 saturated carbocycles. The molecule has 38 heavy (non-hydrogen) atoms. The van der Waals surface area contributed by atoms with Gasteiger partial charge >= 0.3 is 11.7 Å². The maximum Gasteiger partial charge on any atom is 0.351 e. The summed E-state index contributed by atoms with van der Waals surface area (Å²) in [6, 6.07) is 18.7. The molecule has 1 heterocycles. The number of hydrogen-bond donors (Lipinski definition) is 1. The first-order chi connectivity index (χ1) is 18.1. The van der Waals surface area contributed by atoms with Crippen molar-refractivity contribution in [2.45, 2.75) is 42.9 Å². The molecule has 1 unspecified atom stereocenters. The van der Waals surface area contributed by atoms with Crippen LogP contribution >= 0.6 is 23.2 Å². The average molecular weight is 574 g/mol. The van der Waals surface area contributed by atoms with E-state index in [1.165, 1.54) is 39.6 Å². The second kappa shape index (κ2) is 11.6. The first kappa shape index (κ1) is 27.6. The average Bonchev–Trinajstić information content (AvgIpc) is 3.19. The van der Waals surface area contributed by atoms with Gasteiger partial charge in [0.2, 0.25) is 0 Å². The van der Waals surface area contributed by atoms with Crippen molar-refractivity contribution in [3.8, 4) is 5.69 Å². The number of nitrogens with zero attached hydrogens (tertiary/aromatic N) is 3. The molecule has 1 N–H and O–H groups in total. The molecule has 198 valence electrons. The highest BCUT2D eigenvalue weighted by atomic mass is 35.5. The van der Waals surface area contributed by atoms with E-state index >= 15 is 0 Å². The van der Waals surface area contributed by atoms with Crippen LogP contribution in [0, 0.1) is 0 Å². The van der Waals surface area contributed by atoms with Crippen LogP contribution in [0.1, 0.15) is 42.0 Å². The topological polar surface area (TPSA) is 111 Å². The SMILES string of the molecule is CCCCc1nn(-c2ccccc2Cl)c(=O)n1Cc1ccc(S(=O)(=O)C(C(=O)O)c2ccccc2Cl)cc1. The summed E-state index contributed by atoms with van der Waals surface area (Å²) in [4.78, 5) is 25.1. The van der Waals surface area contributed by atoms with Crippen LogP contribution in [0.2, 0.25) is 10.0 Å². The Bertz CT molecular complexity index is 1630. The van der Waals surface area contributed by atoms with E-state index in [0.717, 1.165) is 12.8 Å². The van der Waals surface area contributed by atoms with E-state index in [1.807, 2.05) is 6.92 Å². The third kappa shape index (κ3) is 5.55. The number of aromatic nitrogens is 3. The predicted octanol–water partition coefficient (Wildman–Crippen LogP) is 5.33. The van der Waals surface area contributed by atoms with Crippen molar-refractivity contribution in [2.75, 3.05) is 0 Å². The number of para-hydroxylation sites is 1. The van der Waals surface area contributed by atoms with E-state index in [0.29, 0.717) is 28.5 Å². The highest BCUT2D eigenvalue weighted by Gasteiger charge is 2.37. The first-order valence-corrected chi connectivity index (χ1v) is 14.2. The summed E-state index contributed by atoms with van der Waals surface area (Å²) in [5.41, 5.74) is 0.735. The molecule has 1 atom stereocenters. The third-order valence-corrected chi connectivity index (χ3v) is 8.76. The van der Waals surface area contributed by atoms with Gasteiger partial charge < -0.3 is 5.11 Å². The predicted molar refractivity (Wildman–Crippen MR) is 146 cm³/mol. The molecule has 0 spiro atoms. The highest BCUT2D eigenvalue weighted by Crippen LogP contribution is 2.33. The summed E-state index contributed by atoms with van der Waals surface area (Å²) < 4.78 is 29.4. The van der Waals surface area contributed by atoms with Crippen molar-refractivity contribution >= 4 is 39.0 Å². The fraction of sp³-hybridized carbons (Fsp3) is 0.222. The van der Waals surface area contributed by atoms with E-state index < -0.39 is 21.1 Å². The van der Waals surface area contributed by atoms with Gasteiger partial charge in [0, 0.05) is 17.0 Å². The third-order valence-electron chi connectivity index (χ3n) is 6.09. The maximum atomic E-state index is 13.3. The van der Waals surface area contributed by atoms with Crippen molar-refractivity contribution in [3.63, 3.8) is 0 Å². The summed E-state index contributed by atoms with van der Waals surface area (Å²) in [6.07, 6.45) is 2.32. The number of hydrogen-bond acceptors (Lipinski definition) is 5. The molecular weight excluding hydrogens is 549 g/mol. The molecule has 8 nitrogen and oxygen atoms in total. The quantitative estimate of drug-likeness (QED) is 0.274. The lowest BCUT2D eigenvalue weighted by molar-refractivity contribution is -0.136. The van der Waals surface area contributed by atoms with Crippen LogP contribution in [0.4, 0.5) is 0 Å². The number of aliphatic carboxylic acids is 1. The molecule has 3 aromatic carbocycles. The fourth-order valence-electron chi connectivity index (χ4n) is 4.12. The van der Waals surface area contributed by atoms with E-state index in [1.54, 1.807) is 42.5 Å². The summed E-state index contributed by atoms with van der Waals surface area (Å²) in [5, 5.41) is 12.9. The standard InChI is InChI=1S/C27H25Cl2N3O5S/c1-2-3-12-24-30-32(23-11-7-6-10-22(23)29)27(35)31(24)17-18-13-15-19(16-14-18)38(36,37)25(26(33)34)20-8-4-5-9-21(20)28/h4-11,13-16,25H,2-3,12,17H2,1H3,(H,33,34). The number of benzene rings is 3. The number of carboxylic acids is 1. The van der Waals surface area contributed by atoms with Gasteiger partial charge in [-0.2, -0.15) is 4.68 Å². The van der Waals surface area contributed by atoms with Crippen LogP contribution in [0.15, 0.2) is 82.5 Å². The molecule has 0 radical (unpaired) electrons. The Morgan fingerprint density at radius 2 is 1.61 bits per heavy atom. The summed E-state index contributed by atoms with van der Waals surface area (Å²) in [5.74, 6) is -0.945. The van der Waals surface area contributed by atoms with Crippen molar-refractivity contribution < 1.29 is 18.3 Å². The van der Waals surface area contributed by atoms with E-state index in [9.17, 15) is 23.1 Å². The Morgan fingerprint density at radius 3 is 2.21 bits per heavy atom. The van der Waals surface area contributed by atoms with Gasteiger partial charge in [-0.1, -0.05) is 79.0 Å². The van der Waals surface area contributed by atoms with Crippen molar-refractivity contribution in [2.24, 2.45) is 0 Å². The Hall–Kier alpha value is -3.40. The van der Waals surface area contributed by atoms with Crippen LogP contribution in [-0.4, -0.2) is 33.8 Å². The zero-order chi connectivity index (χ0) is 27.4. The monoisotopic (exact) mass is 573 g/mol. The fourth-order valence-corrected chi connectivity index (χ4v) is 6.24. The lowest BCUT2D eigenvalue weighted by Crippen LogP contribution is -2.25. The number of carbonyl (C=O) groups is 1. The van der Waals surface area contributed by atoms with Gasteiger partial charge in [-0.3, -0.25) is 9.36 Å². The second-order valence-electron chi connectivity index (χ2n) is 8.68. The molecule has 1 aromatic heterocycles. The molecule has 0 fully saturated rings. The van der Waals surface area contributed by atoms with Crippen LogP contribution in [0.3, 0.4) is 0 Å². The lowest BCUT2D eigenvalue weighted by atomic mass is 10.1. The molecule has 4 aromatic rings. The van der Waals surface area contributed by atoms with Crippen molar-refractivity contribution in [3.05, 3.63) is 110 Å². The minimum absolute atomic E-state index is 0.00940. The van der Waals surface area contributed by atoms with Gasteiger partial charge in [0.1, 0.15) is 5.82 Å². The number of unbranched alkanes of at least 4 members (excludes halogenated alkanes) is 1. The number of carboxylic acid groups (broad SMARTS) is 1. The maximum absolute atomic E-state index is 13.3. The molecule has 0 aliphatic heterocycles. The number of rotatable bonds is 10. The van der Waals surface area contributed by atoms with E-state index in [2.05, 4.69) is 5.10 Å². The molecule has 0 amide bonds. The highest BCUT2D eigenvalue weighted by molar-refractivity contribution is 7.92. The minimum Gasteiger partial charge on any atom is -0.480 e. The molecule has 0 saturated heterocycles. The Kier molecular flexibility index (Phi) is 8.40.